The van der Waals surface area contributed by atoms with E-state index < -0.39 is 35.9 Å². The third kappa shape index (κ3) is 7.20. The molecule has 2 N–H and O–H groups in total. The van der Waals surface area contributed by atoms with Gasteiger partial charge in [0.1, 0.15) is 0 Å². The first-order valence-corrected chi connectivity index (χ1v) is 16.8. The van der Waals surface area contributed by atoms with Gasteiger partial charge in [-0.2, -0.15) is 13.2 Å². The van der Waals surface area contributed by atoms with E-state index in [1.54, 1.807) is 12.4 Å². The minimum Gasteiger partial charge on any atom is -0.388 e. The first-order chi connectivity index (χ1) is 22.7. The fraction of sp³-hybridized carbons (Fsp3) is 0.583. The molecule has 3 aromatic rings. The van der Waals surface area contributed by atoms with Gasteiger partial charge < -0.3 is 15.3 Å². The van der Waals surface area contributed by atoms with Crippen molar-refractivity contribution in [2.45, 2.75) is 108 Å². The van der Waals surface area contributed by atoms with Crippen LogP contribution in [0, 0.1) is 5.41 Å². The highest BCUT2D eigenvalue weighted by Gasteiger charge is 2.43. The van der Waals surface area contributed by atoms with Crippen LogP contribution in [0.3, 0.4) is 0 Å². The molecule has 260 valence electrons. The maximum atomic E-state index is 17.2. The van der Waals surface area contributed by atoms with Crippen molar-refractivity contribution in [2.75, 3.05) is 25.0 Å². The highest BCUT2D eigenvalue weighted by molar-refractivity contribution is 5.51. The van der Waals surface area contributed by atoms with Gasteiger partial charge in [-0.3, -0.25) is 4.98 Å². The topological polar surface area (TPSA) is 74.2 Å². The predicted octanol–water partition coefficient (Wildman–Crippen LogP) is 8.35. The summed E-state index contributed by atoms with van der Waals surface area (Å²) in [5.41, 5.74) is 2.27. The first-order valence-electron chi connectivity index (χ1n) is 16.8. The second-order valence-corrected chi connectivity index (χ2v) is 14.5. The summed E-state index contributed by atoms with van der Waals surface area (Å²) in [6.07, 6.45) is -2.21. The van der Waals surface area contributed by atoms with Crippen LogP contribution in [-0.4, -0.2) is 46.1 Å². The number of pyridine rings is 1. The molecule has 1 saturated carbocycles. The lowest BCUT2D eigenvalue weighted by molar-refractivity contribution is -0.137. The number of hydrogen-bond donors (Lipinski definition) is 2. The van der Waals surface area contributed by atoms with Crippen LogP contribution in [0.5, 0.6) is 0 Å². The molecule has 0 amide bonds. The van der Waals surface area contributed by atoms with Gasteiger partial charge >= 0.3 is 6.18 Å². The Balaban J connectivity index is 1.44. The lowest BCUT2D eigenvalue weighted by atomic mass is 9.68. The number of aliphatic hydroxyl groups is 1. The van der Waals surface area contributed by atoms with Gasteiger partial charge in [0.05, 0.1) is 17.4 Å². The zero-order valence-electron chi connectivity index (χ0n) is 27.6. The van der Waals surface area contributed by atoms with E-state index in [0.29, 0.717) is 73.8 Å². The summed E-state index contributed by atoms with van der Waals surface area (Å²) in [6, 6.07) is 4.03. The number of piperidine rings is 1. The molecule has 6 nitrogen and oxygen atoms in total. The SMILES string of the molecule is CNCc1cnc(N2CCC(c3nc4c(c(C5CCC(F)(F)CC5)c3C(F)c3ccc(C(F)(F)F)cc3)[C@@H](O)CC(C)(C)C4)CC2)nc1. The van der Waals surface area contributed by atoms with Gasteiger partial charge in [0.2, 0.25) is 11.9 Å². The van der Waals surface area contributed by atoms with Gasteiger partial charge in [0, 0.05) is 73.2 Å². The fourth-order valence-corrected chi connectivity index (χ4v) is 7.88. The van der Waals surface area contributed by atoms with Crippen LogP contribution >= 0.6 is 0 Å². The second kappa shape index (κ2) is 13.2. The monoisotopic (exact) mass is 675 g/mol. The summed E-state index contributed by atoms with van der Waals surface area (Å²) in [6.45, 7) is 5.87. The average molecular weight is 676 g/mol. The van der Waals surface area contributed by atoms with E-state index in [1.165, 1.54) is 0 Å². The maximum absolute atomic E-state index is 17.2. The van der Waals surface area contributed by atoms with Crippen molar-refractivity contribution in [1.29, 1.82) is 0 Å². The Kier molecular flexibility index (Phi) is 9.54. The van der Waals surface area contributed by atoms with E-state index in [2.05, 4.69) is 20.2 Å². The Morgan fingerprint density at radius 3 is 2.17 bits per heavy atom. The molecular weight excluding hydrogens is 632 g/mol. The van der Waals surface area contributed by atoms with Gasteiger partial charge in [-0.15, -0.1) is 0 Å². The normalized spacial score (nSPS) is 22.4. The number of alkyl halides is 6. The lowest BCUT2D eigenvalue weighted by Crippen LogP contribution is -2.36. The maximum Gasteiger partial charge on any atom is 0.416 e. The molecule has 1 saturated heterocycles. The van der Waals surface area contributed by atoms with E-state index >= 15 is 4.39 Å². The zero-order chi connectivity index (χ0) is 34.4. The molecule has 0 bridgehead atoms. The van der Waals surface area contributed by atoms with Crippen molar-refractivity contribution >= 4 is 5.95 Å². The highest BCUT2D eigenvalue weighted by atomic mass is 19.4. The predicted molar refractivity (Wildman–Crippen MR) is 171 cm³/mol. The summed E-state index contributed by atoms with van der Waals surface area (Å²) in [7, 11) is 1.85. The number of anilines is 1. The average Bonchev–Trinajstić information content (AvgIpc) is 3.03. The molecule has 2 atom stereocenters. The van der Waals surface area contributed by atoms with Crippen LogP contribution in [0.4, 0.5) is 32.3 Å². The van der Waals surface area contributed by atoms with Gasteiger partial charge in [-0.1, -0.05) is 26.0 Å². The third-order valence-electron chi connectivity index (χ3n) is 10.3. The molecule has 1 unspecified atom stereocenters. The molecular formula is C36H43F6N5O. The van der Waals surface area contributed by atoms with Crippen LogP contribution < -0.4 is 10.2 Å². The fourth-order valence-electron chi connectivity index (χ4n) is 7.88. The largest absolute Gasteiger partial charge is 0.416 e. The molecule has 2 fully saturated rings. The van der Waals surface area contributed by atoms with Gasteiger partial charge in [0.15, 0.2) is 6.17 Å². The molecule has 0 radical (unpaired) electrons. The lowest BCUT2D eigenvalue weighted by Gasteiger charge is -2.41. The van der Waals surface area contributed by atoms with E-state index in [1.807, 2.05) is 20.9 Å². The quantitative estimate of drug-likeness (QED) is 0.245. The number of nitrogens with zero attached hydrogens (tertiary/aromatic N) is 4. The Morgan fingerprint density at radius 1 is 0.958 bits per heavy atom. The Labute approximate surface area is 277 Å². The first kappa shape index (κ1) is 34.6. The number of halogens is 6. The van der Waals surface area contributed by atoms with Crippen molar-refractivity contribution in [3.05, 3.63) is 81.4 Å². The summed E-state index contributed by atoms with van der Waals surface area (Å²) < 4.78 is 86.3. The van der Waals surface area contributed by atoms with E-state index in [9.17, 15) is 27.1 Å². The standard InChI is InChI=1S/C36H43F6N5O/c1-34(2)16-26-29(27(48)17-34)28(22-8-12-35(38,39)13-9-22)30(31(37)23-4-6-25(7-5-23)36(40,41)42)32(46-26)24-10-14-47(15-11-24)33-44-19-21(18-43-3)20-45-33/h4-7,19-20,22,24,27,31,43,48H,8-18H2,1-3H3/t27-,31?/m0/s1. The van der Waals surface area contributed by atoms with Crippen molar-refractivity contribution in [3.8, 4) is 0 Å². The van der Waals surface area contributed by atoms with Crippen LogP contribution in [-0.2, 0) is 19.1 Å². The number of hydrogen-bond acceptors (Lipinski definition) is 6. The number of nitrogens with one attached hydrogen (secondary N) is 1. The summed E-state index contributed by atoms with van der Waals surface area (Å²) in [4.78, 5) is 16.2. The van der Waals surface area contributed by atoms with Crippen molar-refractivity contribution in [3.63, 3.8) is 0 Å². The van der Waals surface area contributed by atoms with Crippen molar-refractivity contribution < 1.29 is 31.4 Å². The number of benzene rings is 1. The minimum absolute atomic E-state index is 0.0338. The molecule has 48 heavy (non-hydrogen) atoms. The Morgan fingerprint density at radius 2 is 1.58 bits per heavy atom. The molecule has 3 heterocycles. The molecule has 0 spiro atoms. The van der Waals surface area contributed by atoms with Gasteiger partial charge in [-0.05, 0) is 80.2 Å². The molecule has 12 heteroatoms. The van der Waals surface area contributed by atoms with E-state index in [-0.39, 0.29) is 48.1 Å². The number of rotatable bonds is 7. The molecule has 1 aromatic carbocycles. The van der Waals surface area contributed by atoms with Crippen molar-refractivity contribution in [1.82, 2.24) is 20.3 Å². The Hall–Kier alpha value is -3.25. The van der Waals surface area contributed by atoms with Crippen LogP contribution in [0.15, 0.2) is 36.7 Å². The second-order valence-electron chi connectivity index (χ2n) is 14.5. The van der Waals surface area contributed by atoms with Gasteiger partial charge in [-0.25, -0.2) is 23.1 Å². The molecule has 3 aliphatic rings. The highest BCUT2D eigenvalue weighted by Crippen LogP contribution is 2.52. The molecule has 2 aliphatic carbocycles. The third-order valence-corrected chi connectivity index (χ3v) is 10.3. The molecule has 6 rings (SSSR count). The smallest absolute Gasteiger partial charge is 0.388 e. The Bertz CT molecular complexity index is 1580. The van der Waals surface area contributed by atoms with Crippen LogP contribution in [0.25, 0.3) is 0 Å². The van der Waals surface area contributed by atoms with E-state index in [0.717, 1.165) is 29.8 Å². The molecule has 1 aliphatic heterocycles. The summed E-state index contributed by atoms with van der Waals surface area (Å²) in [5, 5.41) is 14.6. The minimum atomic E-state index is -4.58. The molecule has 2 aromatic heterocycles. The summed E-state index contributed by atoms with van der Waals surface area (Å²) >= 11 is 0. The van der Waals surface area contributed by atoms with Crippen molar-refractivity contribution in [2.24, 2.45) is 5.41 Å². The number of aliphatic hydroxyl groups excluding tert-OH is 1. The van der Waals surface area contributed by atoms with Crippen LogP contribution in [0.1, 0.15) is 128 Å². The van der Waals surface area contributed by atoms with Gasteiger partial charge in [0.25, 0.3) is 0 Å². The van der Waals surface area contributed by atoms with Crippen LogP contribution in [0.2, 0.25) is 0 Å². The van der Waals surface area contributed by atoms with E-state index in [4.69, 9.17) is 4.98 Å². The zero-order valence-corrected chi connectivity index (χ0v) is 27.6. The number of fused-ring (bicyclic) bond motifs is 1. The number of aromatic nitrogens is 3. The summed E-state index contributed by atoms with van der Waals surface area (Å²) in [5.74, 6) is -2.88.